The summed E-state index contributed by atoms with van der Waals surface area (Å²) in [7, 11) is 0. The summed E-state index contributed by atoms with van der Waals surface area (Å²) in [6, 6.07) is 6.10. The zero-order valence-corrected chi connectivity index (χ0v) is 20.4. The molecule has 2 aromatic carbocycles. The molecule has 9 N–H and O–H groups in total. The van der Waals surface area contributed by atoms with Crippen molar-refractivity contribution in [1.82, 2.24) is 10.6 Å². The molecule has 0 fully saturated rings. The van der Waals surface area contributed by atoms with Crippen LogP contribution in [0.5, 0.6) is 11.5 Å². The molecular formula is C23H30Cl2N4O6. The number of aromatic hydroxyl groups is 2. The van der Waals surface area contributed by atoms with Crippen LogP contribution in [-0.2, 0) is 27.2 Å². The smallest absolute Gasteiger partial charge is 0.326 e. The van der Waals surface area contributed by atoms with Gasteiger partial charge in [-0.2, -0.15) is 0 Å². The van der Waals surface area contributed by atoms with E-state index in [0.29, 0.717) is 28.7 Å². The number of rotatable bonds is 4. The van der Waals surface area contributed by atoms with Gasteiger partial charge in [-0.15, -0.1) is 24.8 Å². The normalized spacial score (nSPS) is 20.1. The monoisotopic (exact) mass is 528 g/mol. The number of carboxylic acid groups (broad SMARTS) is 1. The molecule has 0 aromatic heterocycles. The van der Waals surface area contributed by atoms with Crippen molar-refractivity contribution in [3.8, 4) is 22.6 Å². The molecule has 4 bridgehead atoms. The van der Waals surface area contributed by atoms with E-state index in [1.54, 1.807) is 24.3 Å². The van der Waals surface area contributed by atoms with Crippen molar-refractivity contribution >= 4 is 42.6 Å². The van der Waals surface area contributed by atoms with E-state index in [1.807, 2.05) is 0 Å². The maximum absolute atomic E-state index is 12.9. The highest BCUT2D eigenvalue weighted by molar-refractivity contribution is 5.92. The van der Waals surface area contributed by atoms with Crippen LogP contribution in [0, 0.1) is 0 Å². The average molecular weight is 529 g/mol. The highest BCUT2D eigenvalue weighted by atomic mass is 35.5. The summed E-state index contributed by atoms with van der Waals surface area (Å²) >= 11 is 0. The van der Waals surface area contributed by atoms with Crippen LogP contribution in [-0.4, -0.2) is 57.8 Å². The first kappa shape index (κ1) is 30.0. The van der Waals surface area contributed by atoms with Crippen molar-refractivity contribution in [1.29, 1.82) is 0 Å². The van der Waals surface area contributed by atoms with E-state index in [-0.39, 0.29) is 62.1 Å². The molecule has 0 aliphatic carbocycles. The van der Waals surface area contributed by atoms with E-state index >= 15 is 0 Å². The number of fused-ring (bicyclic) bond motifs is 5. The number of carbonyl (C=O) groups excluding carboxylic acids is 2. The topological polar surface area (TPSA) is 188 Å². The predicted molar refractivity (Wildman–Crippen MR) is 135 cm³/mol. The van der Waals surface area contributed by atoms with Gasteiger partial charge in [0.25, 0.3) is 0 Å². The Hall–Kier alpha value is -3.05. The van der Waals surface area contributed by atoms with Gasteiger partial charge >= 0.3 is 5.97 Å². The van der Waals surface area contributed by atoms with E-state index in [2.05, 4.69) is 10.6 Å². The Balaban J connectivity index is 0.00000306. The van der Waals surface area contributed by atoms with Crippen LogP contribution in [0.2, 0.25) is 0 Å². The van der Waals surface area contributed by atoms with Crippen molar-refractivity contribution < 1.29 is 29.7 Å². The quantitative estimate of drug-likeness (QED) is 0.303. The summed E-state index contributed by atoms with van der Waals surface area (Å²) in [5.41, 5.74) is 13.7. The number of phenols is 2. The predicted octanol–water partition coefficient (Wildman–Crippen LogP) is 0.827. The summed E-state index contributed by atoms with van der Waals surface area (Å²) in [4.78, 5) is 37.4. The molecule has 0 unspecified atom stereocenters. The molecule has 0 spiro atoms. The molecule has 192 valence electrons. The molecule has 10 nitrogen and oxygen atoms in total. The third-order valence-corrected chi connectivity index (χ3v) is 5.64. The molecule has 1 heterocycles. The number of hydrogen-bond donors (Lipinski definition) is 7. The Labute approximate surface area is 214 Å². The second-order valence-corrected chi connectivity index (χ2v) is 8.09. The highest BCUT2D eigenvalue weighted by Crippen LogP contribution is 2.30. The van der Waals surface area contributed by atoms with Crippen LogP contribution in [0.3, 0.4) is 0 Å². The van der Waals surface area contributed by atoms with Crippen molar-refractivity contribution in [2.45, 2.75) is 43.8 Å². The third-order valence-electron chi connectivity index (χ3n) is 5.64. The van der Waals surface area contributed by atoms with E-state index < -0.39 is 35.9 Å². The lowest BCUT2D eigenvalue weighted by Crippen LogP contribution is -2.55. The van der Waals surface area contributed by atoms with Gasteiger partial charge in [-0.1, -0.05) is 12.1 Å². The molecule has 0 radical (unpaired) electrons. The number of carboxylic acids is 1. The zero-order chi connectivity index (χ0) is 24.1. The van der Waals surface area contributed by atoms with E-state index in [1.165, 1.54) is 12.1 Å². The standard InChI is InChI=1S/C23H28N4O6.2ClH/c24-7-1-2-17-22(31)27-18(23(32)33)11-15-9-13(4-6-20(15)29)12-3-5-19(28)14(8-12)10-16(25)21(30)26-17;;/h3-6,8-9,16-18,28-29H,1-2,7,10-11,24-25H2,(H,26,30)(H,27,31)(H,32,33);2*1H/t16-,17-,18-;;/m0../s1. The molecular weight excluding hydrogens is 499 g/mol. The molecule has 1 aliphatic rings. The number of nitrogens with two attached hydrogens (primary N) is 2. The van der Waals surface area contributed by atoms with E-state index in [4.69, 9.17) is 11.5 Å². The van der Waals surface area contributed by atoms with Gasteiger partial charge in [-0.3, -0.25) is 9.59 Å². The average Bonchev–Trinajstić information content (AvgIpc) is 2.78. The van der Waals surface area contributed by atoms with Crippen molar-refractivity contribution in [3.05, 3.63) is 47.5 Å². The van der Waals surface area contributed by atoms with Gasteiger partial charge < -0.3 is 37.4 Å². The summed E-state index contributed by atoms with van der Waals surface area (Å²) in [6.07, 6.45) is 0.438. The number of hydrogen-bond acceptors (Lipinski definition) is 7. The number of nitrogens with one attached hydrogen (secondary N) is 2. The second kappa shape index (κ2) is 13.1. The lowest BCUT2D eigenvalue weighted by molar-refractivity contribution is -0.142. The Morgan fingerprint density at radius 1 is 0.914 bits per heavy atom. The second-order valence-electron chi connectivity index (χ2n) is 8.09. The molecule has 3 atom stereocenters. The maximum Gasteiger partial charge on any atom is 0.326 e. The third kappa shape index (κ3) is 7.46. The lowest BCUT2D eigenvalue weighted by atomic mass is 9.95. The first-order valence-corrected chi connectivity index (χ1v) is 10.6. The summed E-state index contributed by atoms with van der Waals surface area (Å²) in [5, 5.41) is 35.3. The number of carbonyl (C=O) groups is 3. The lowest BCUT2D eigenvalue weighted by Gasteiger charge is -2.23. The van der Waals surface area contributed by atoms with Gasteiger partial charge in [0, 0.05) is 12.8 Å². The van der Waals surface area contributed by atoms with E-state index in [9.17, 15) is 29.7 Å². The van der Waals surface area contributed by atoms with Crippen molar-refractivity contribution in [2.75, 3.05) is 6.54 Å². The fourth-order valence-electron chi connectivity index (χ4n) is 3.75. The first-order chi connectivity index (χ1) is 15.7. The number of amides is 2. The fraction of sp³-hybridized carbons (Fsp3) is 0.348. The minimum Gasteiger partial charge on any atom is -0.508 e. The van der Waals surface area contributed by atoms with Crippen LogP contribution < -0.4 is 22.1 Å². The largest absolute Gasteiger partial charge is 0.508 e. The molecule has 2 amide bonds. The molecule has 2 aromatic rings. The first-order valence-electron chi connectivity index (χ1n) is 10.6. The maximum atomic E-state index is 12.9. The minimum atomic E-state index is -1.34. The number of benzene rings is 2. The van der Waals surface area contributed by atoms with Crippen LogP contribution >= 0.6 is 24.8 Å². The van der Waals surface area contributed by atoms with Crippen LogP contribution in [0.4, 0.5) is 0 Å². The van der Waals surface area contributed by atoms with Gasteiger partial charge in [-0.05, 0) is 65.9 Å². The SMILES string of the molecule is Cl.Cl.NCCC[C@@H]1NC(=O)[C@@H](N)Cc2cc(ccc2O)-c2ccc(O)c(c2)C[C@@H](C(=O)O)NC1=O. The highest BCUT2D eigenvalue weighted by Gasteiger charge is 2.29. The molecule has 12 heteroatoms. The Morgan fingerprint density at radius 2 is 1.46 bits per heavy atom. The minimum absolute atomic E-state index is 0. The Kier molecular flexibility index (Phi) is 11.3. The summed E-state index contributed by atoms with van der Waals surface area (Å²) < 4.78 is 0. The molecule has 3 rings (SSSR count). The number of aliphatic carboxylic acids is 1. The zero-order valence-electron chi connectivity index (χ0n) is 18.8. The number of halogens is 2. The van der Waals surface area contributed by atoms with Gasteiger partial charge in [0.05, 0.1) is 6.04 Å². The summed E-state index contributed by atoms with van der Waals surface area (Å²) in [6.45, 7) is 0.273. The molecule has 1 aliphatic heterocycles. The van der Waals surface area contributed by atoms with Gasteiger partial charge in [0.2, 0.25) is 11.8 Å². The Morgan fingerprint density at radius 3 is 1.97 bits per heavy atom. The van der Waals surface area contributed by atoms with Crippen LogP contribution in [0.15, 0.2) is 36.4 Å². The van der Waals surface area contributed by atoms with Gasteiger partial charge in [0.15, 0.2) is 0 Å². The fourth-order valence-corrected chi connectivity index (χ4v) is 3.75. The summed E-state index contributed by atoms with van der Waals surface area (Å²) in [5.74, 6) is -2.74. The molecule has 0 saturated heterocycles. The van der Waals surface area contributed by atoms with Gasteiger partial charge in [-0.25, -0.2) is 4.79 Å². The van der Waals surface area contributed by atoms with Crippen LogP contribution in [0.1, 0.15) is 24.0 Å². The van der Waals surface area contributed by atoms with Crippen LogP contribution in [0.25, 0.3) is 11.1 Å². The van der Waals surface area contributed by atoms with E-state index in [0.717, 1.165) is 0 Å². The Bertz CT molecular complexity index is 1070. The van der Waals surface area contributed by atoms with Crippen molar-refractivity contribution in [2.24, 2.45) is 11.5 Å². The van der Waals surface area contributed by atoms with Gasteiger partial charge in [0.1, 0.15) is 23.6 Å². The number of phenolic OH excluding ortho intramolecular Hbond substituents is 2. The van der Waals surface area contributed by atoms with Crippen molar-refractivity contribution in [3.63, 3.8) is 0 Å². The molecule has 0 saturated carbocycles. The molecule has 35 heavy (non-hydrogen) atoms.